The number of rotatable bonds is 5. The van der Waals surface area contributed by atoms with Crippen molar-refractivity contribution in [1.29, 1.82) is 0 Å². The van der Waals surface area contributed by atoms with Crippen LogP contribution in [0.3, 0.4) is 0 Å². The number of hydrogen-bond donors (Lipinski definition) is 2. The maximum absolute atomic E-state index is 12.2. The van der Waals surface area contributed by atoms with Gasteiger partial charge in [-0.2, -0.15) is 0 Å². The van der Waals surface area contributed by atoms with Gasteiger partial charge in [0, 0.05) is 29.8 Å². The zero-order valence-corrected chi connectivity index (χ0v) is 21.5. The molecular weight excluding hydrogens is 474 g/mol. The Morgan fingerprint density at radius 1 is 0.974 bits per heavy atom. The number of aromatic nitrogens is 3. The van der Waals surface area contributed by atoms with Crippen molar-refractivity contribution in [3.63, 3.8) is 0 Å². The summed E-state index contributed by atoms with van der Waals surface area (Å²) >= 11 is 0. The molecule has 3 N–H and O–H groups in total. The molecule has 1 aliphatic heterocycles. The van der Waals surface area contributed by atoms with E-state index in [9.17, 15) is 4.79 Å². The van der Waals surface area contributed by atoms with Gasteiger partial charge in [0.25, 0.3) is 0 Å². The number of carbonyl (C=O) groups is 1. The van der Waals surface area contributed by atoms with Crippen LogP contribution in [-0.2, 0) is 11.2 Å². The third-order valence-corrected chi connectivity index (χ3v) is 8.52. The average molecular weight is 508 g/mol. The summed E-state index contributed by atoms with van der Waals surface area (Å²) in [5, 5.41) is 4.16. The van der Waals surface area contributed by atoms with Gasteiger partial charge >= 0.3 is 0 Å². The van der Waals surface area contributed by atoms with Crippen molar-refractivity contribution in [1.82, 2.24) is 19.9 Å². The first-order chi connectivity index (χ1) is 18.6. The largest absolute Gasteiger partial charge is 0.485 e. The van der Waals surface area contributed by atoms with Crippen molar-refractivity contribution in [2.24, 2.45) is 5.92 Å². The van der Waals surface area contributed by atoms with Crippen LogP contribution in [0.5, 0.6) is 5.75 Å². The van der Waals surface area contributed by atoms with E-state index in [1.54, 1.807) is 6.33 Å². The van der Waals surface area contributed by atoms with Crippen LogP contribution in [0.2, 0.25) is 0 Å². The lowest BCUT2D eigenvalue weighted by molar-refractivity contribution is -0.123. The highest BCUT2D eigenvalue weighted by Gasteiger charge is 2.33. The highest BCUT2D eigenvalue weighted by molar-refractivity contribution is 6.00. The highest BCUT2D eigenvalue weighted by Crippen LogP contribution is 2.42. The van der Waals surface area contributed by atoms with Gasteiger partial charge in [-0.1, -0.05) is 42.5 Å². The number of ether oxygens (including phenoxy) is 1. The van der Waals surface area contributed by atoms with Gasteiger partial charge in [0.15, 0.2) is 0 Å². The smallest absolute Gasteiger partial charge is 0.223 e. The first-order valence-electron chi connectivity index (χ1n) is 13.9. The Balaban J connectivity index is 1.18. The fraction of sp³-hybridized carbons (Fsp3) is 0.387. The van der Waals surface area contributed by atoms with E-state index in [0.717, 1.165) is 79.3 Å². The lowest BCUT2D eigenvalue weighted by Gasteiger charge is -2.30. The van der Waals surface area contributed by atoms with Crippen LogP contribution in [0, 0.1) is 5.92 Å². The molecule has 194 valence electrons. The molecule has 1 atom stereocenters. The molecule has 3 aliphatic rings. The number of fused-ring (bicyclic) bond motifs is 2. The predicted octanol–water partition coefficient (Wildman–Crippen LogP) is 5.76. The van der Waals surface area contributed by atoms with E-state index >= 15 is 0 Å². The lowest BCUT2D eigenvalue weighted by Crippen LogP contribution is -2.38. The molecule has 7 heteroatoms. The van der Waals surface area contributed by atoms with Crippen LogP contribution < -0.4 is 15.8 Å². The summed E-state index contributed by atoms with van der Waals surface area (Å²) < 4.78 is 8.79. The Morgan fingerprint density at radius 2 is 1.79 bits per heavy atom. The number of hydrogen-bond acceptors (Lipinski definition) is 5. The quantitative estimate of drug-likeness (QED) is 0.358. The molecule has 2 aliphatic carbocycles. The molecule has 2 aromatic carbocycles. The number of carbonyl (C=O) groups excluding carboxylic acids is 1. The van der Waals surface area contributed by atoms with Gasteiger partial charge in [0.05, 0.1) is 5.39 Å². The van der Waals surface area contributed by atoms with Gasteiger partial charge in [-0.05, 0) is 74.1 Å². The Hall–Kier alpha value is -3.87. The Labute approximate surface area is 222 Å². The number of benzene rings is 2. The lowest BCUT2D eigenvalue weighted by atomic mass is 9.91. The molecule has 38 heavy (non-hydrogen) atoms. The minimum Gasteiger partial charge on any atom is -0.485 e. The van der Waals surface area contributed by atoms with Crippen LogP contribution in [0.1, 0.15) is 68.2 Å². The van der Waals surface area contributed by atoms with Crippen LogP contribution in [0.4, 0.5) is 5.82 Å². The number of nitrogens with one attached hydrogen (secondary N) is 1. The van der Waals surface area contributed by atoms with Crippen LogP contribution in [-0.4, -0.2) is 26.5 Å². The molecule has 0 radical (unpaired) electrons. The standard InChI is InChI=1S/C31H33N5O2/c32-29-28-25(22-9-6-20-10-15-26(38-27(20)16-22)19-4-2-1-3-5-19)17-36(30(28)34-18-33-29)24-13-11-23(12-14-24)35-31(37)21-7-8-21/h1-6,9,16-18,21,23-24,26H,7-8,10-15H2,(H,35,37)(H2,32,33,34). The van der Waals surface area contributed by atoms with E-state index < -0.39 is 0 Å². The maximum atomic E-state index is 12.2. The predicted molar refractivity (Wildman–Crippen MR) is 148 cm³/mol. The Kier molecular flexibility index (Phi) is 5.79. The van der Waals surface area contributed by atoms with Gasteiger partial charge in [0.1, 0.15) is 29.6 Å². The van der Waals surface area contributed by atoms with Crippen molar-refractivity contribution < 1.29 is 9.53 Å². The van der Waals surface area contributed by atoms with Crippen molar-refractivity contribution in [2.45, 2.75) is 69.6 Å². The van der Waals surface area contributed by atoms with Crippen molar-refractivity contribution in [2.75, 3.05) is 5.73 Å². The second kappa shape index (κ2) is 9.46. The van der Waals surface area contributed by atoms with Crippen LogP contribution >= 0.6 is 0 Å². The Morgan fingerprint density at radius 3 is 2.58 bits per heavy atom. The molecule has 1 amide bonds. The zero-order valence-electron chi connectivity index (χ0n) is 21.5. The van der Waals surface area contributed by atoms with Crippen LogP contribution in [0.25, 0.3) is 22.2 Å². The fourth-order valence-corrected chi connectivity index (χ4v) is 6.21. The normalized spacial score (nSPS) is 23.0. The molecular formula is C31H33N5O2. The van der Waals surface area contributed by atoms with E-state index in [-0.39, 0.29) is 24.0 Å². The SMILES string of the molecule is Nc1ncnc2c1c(-c1ccc3c(c1)OC(c1ccccc1)CC3)cn2C1CCC(NC(=O)C2CC2)CC1. The van der Waals surface area contributed by atoms with E-state index in [2.05, 4.69) is 68.5 Å². The van der Waals surface area contributed by atoms with Gasteiger partial charge < -0.3 is 20.4 Å². The number of nitrogens with zero attached hydrogens (tertiary/aromatic N) is 3. The number of anilines is 1. The first kappa shape index (κ1) is 23.3. The summed E-state index contributed by atoms with van der Waals surface area (Å²) in [4.78, 5) is 21.2. The van der Waals surface area contributed by atoms with Gasteiger partial charge in [-0.15, -0.1) is 0 Å². The van der Waals surface area contributed by atoms with Crippen molar-refractivity contribution in [3.8, 4) is 16.9 Å². The number of aryl methyl sites for hydroxylation is 1. The minimum atomic E-state index is 0.0595. The third-order valence-electron chi connectivity index (χ3n) is 8.52. The monoisotopic (exact) mass is 507 g/mol. The summed E-state index contributed by atoms with van der Waals surface area (Å²) in [6.45, 7) is 0. The summed E-state index contributed by atoms with van der Waals surface area (Å²) in [5.74, 6) is 1.93. The zero-order chi connectivity index (χ0) is 25.6. The Bertz CT molecular complexity index is 1490. The molecule has 3 heterocycles. The minimum absolute atomic E-state index is 0.0595. The number of nitrogens with two attached hydrogens (primary N) is 1. The average Bonchev–Trinajstić information content (AvgIpc) is 3.74. The van der Waals surface area contributed by atoms with Crippen LogP contribution in [0.15, 0.2) is 61.1 Å². The van der Waals surface area contributed by atoms with Gasteiger partial charge in [-0.3, -0.25) is 4.79 Å². The summed E-state index contributed by atoms with van der Waals surface area (Å²) in [7, 11) is 0. The molecule has 2 saturated carbocycles. The fourth-order valence-electron chi connectivity index (χ4n) is 6.21. The molecule has 0 saturated heterocycles. The molecule has 7 rings (SSSR count). The molecule has 7 nitrogen and oxygen atoms in total. The molecule has 4 aromatic rings. The van der Waals surface area contributed by atoms with E-state index in [4.69, 9.17) is 10.5 Å². The van der Waals surface area contributed by atoms with E-state index in [0.29, 0.717) is 11.9 Å². The molecule has 0 bridgehead atoms. The molecule has 1 unspecified atom stereocenters. The van der Waals surface area contributed by atoms with Crippen molar-refractivity contribution in [3.05, 3.63) is 72.2 Å². The highest BCUT2D eigenvalue weighted by atomic mass is 16.5. The first-order valence-corrected chi connectivity index (χ1v) is 13.9. The molecule has 2 aromatic heterocycles. The van der Waals surface area contributed by atoms with Gasteiger partial charge in [0.2, 0.25) is 5.91 Å². The van der Waals surface area contributed by atoms with Crippen molar-refractivity contribution >= 4 is 22.8 Å². The molecule has 0 spiro atoms. The second-order valence-electron chi connectivity index (χ2n) is 11.1. The summed E-state index contributed by atoms with van der Waals surface area (Å²) in [6, 6.07) is 17.5. The van der Waals surface area contributed by atoms with Gasteiger partial charge in [-0.25, -0.2) is 9.97 Å². The number of amides is 1. The summed E-state index contributed by atoms with van der Waals surface area (Å²) in [6.07, 6.45) is 11.8. The van der Waals surface area contributed by atoms with E-state index in [1.807, 2.05) is 6.07 Å². The summed E-state index contributed by atoms with van der Waals surface area (Å²) in [5.41, 5.74) is 11.9. The topological polar surface area (TPSA) is 95.1 Å². The number of nitrogen functional groups attached to an aromatic ring is 1. The molecule has 2 fully saturated rings. The third kappa shape index (κ3) is 4.30. The maximum Gasteiger partial charge on any atom is 0.223 e. The second-order valence-corrected chi connectivity index (χ2v) is 11.1. The van der Waals surface area contributed by atoms with E-state index in [1.165, 1.54) is 11.1 Å².